The highest BCUT2D eigenvalue weighted by molar-refractivity contribution is 9.10. The number of methoxy groups -OCH3 is 1. The van der Waals surface area contributed by atoms with Crippen molar-refractivity contribution in [3.63, 3.8) is 0 Å². The highest BCUT2D eigenvalue weighted by Crippen LogP contribution is 2.37. The molecular formula is C19H20BrN7O2. The lowest BCUT2D eigenvalue weighted by atomic mass is 10.1. The van der Waals surface area contributed by atoms with Gasteiger partial charge in [-0.2, -0.15) is 0 Å². The fourth-order valence-corrected chi connectivity index (χ4v) is 4.08. The van der Waals surface area contributed by atoms with E-state index in [0.29, 0.717) is 49.7 Å². The summed E-state index contributed by atoms with van der Waals surface area (Å²) in [7, 11) is 1.54. The molecule has 0 aliphatic carbocycles. The Bertz CT molecular complexity index is 1110. The number of benzene rings is 1. The van der Waals surface area contributed by atoms with E-state index in [-0.39, 0.29) is 5.91 Å². The summed E-state index contributed by atoms with van der Waals surface area (Å²) in [4.78, 5) is 26.4. The molecule has 0 atom stereocenters. The van der Waals surface area contributed by atoms with E-state index in [1.54, 1.807) is 19.2 Å². The second-order valence-electron chi connectivity index (χ2n) is 6.71. The number of fused-ring (bicyclic) bond motifs is 1. The Balaban J connectivity index is 1.77. The number of H-pyrrole nitrogens is 1. The SMILES string of the molecule is COc1cc(N)c(C=N)cc1Nc1ncnc2[nH]c(C(=O)N3CCCC3)c(Br)c12. The second-order valence-corrected chi connectivity index (χ2v) is 7.50. The predicted molar refractivity (Wildman–Crippen MR) is 115 cm³/mol. The third kappa shape index (κ3) is 3.39. The van der Waals surface area contributed by atoms with Crippen molar-refractivity contribution in [1.29, 1.82) is 5.41 Å². The summed E-state index contributed by atoms with van der Waals surface area (Å²) in [6.45, 7) is 1.51. The van der Waals surface area contributed by atoms with Gasteiger partial charge in [0.1, 0.15) is 29.2 Å². The van der Waals surface area contributed by atoms with Crippen LogP contribution in [0.4, 0.5) is 17.2 Å². The van der Waals surface area contributed by atoms with Crippen LogP contribution in [0.3, 0.4) is 0 Å². The third-order valence-corrected chi connectivity index (χ3v) is 5.74. The molecule has 3 aromatic rings. The summed E-state index contributed by atoms with van der Waals surface area (Å²) in [5.41, 5.74) is 8.53. The Morgan fingerprint density at radius 3 is 2.83 bits per heavy atom. The maximum atomic E-state index is 12.9. The minimum absolute atomic E-state index is 0.0607. The highest BCUT2D eigenvalue weighted by Gasteiger charge is 2.26. The summed E-state index contributed by atoms with van der Waals surface area (Å²) < 4.78 is 6.02. The Morgan fingerprint density at radius 1 is 1.38 bits per heavy atom. The maximum Gasteiger partial charge on any atom is 0.271 e. The summed E-state index contributed by atoms with van der Waals surface area (Å²) in [6, 6.07) is 3.36. The number of aromatic nitrogens is 3. The van der Waals surface area contributed by atoms with E-state index in [0.717, 1.165) is 25.9 Å². The molecule has 0 bridgehead atoms. The van der Waals surface area contributed by atoms with Crippen molar-refractivity contribution in [2.24, 2.45) is 0 Å². The number of halogens is 1. The largest absolute Gasteiger partial charge is 0.494 e. The number of anilines is 3. The molecule has 0 unspecified atom stereocenters. The number of nitrogens with zero attached hydrogens (tertiary/aromatic N) is 3. The second kappa shape index (κ2) is 7.70. The Morgan fingerprint density at radius 2 is 2.14 bits per heavy atom. The normalized spacial score (nSPS) is 13.7. The molecule has 1 fully saturated rings. The van der Waals surface area contributed by atoms with Crippen LogP contribution in [0, 0.1) is 5.41 Å². The van der Waals surface area contributed by atoms with Crippen molar-refractivity contribution in [3.05, 3.63) is 34.2 Å². The predicted octanol–water partition coefficient (Wildman–Crippen LogP) is 3.29. The van der Waals surface area contributed by atoms with Crippen LogP contribution in [0.25, 0.3) is 11.0 Å². The van der Waals surface area contributed by atoms with E-state index in [2.05, 4.69) is 36.2 Å². The first-order chi connectivity index (χ1) is 14.0. The molecular weight excluding hydrogens is 438 g/mol. The first kappa shape index (κ1) is 19.2. The number of amides is 1. The van der Waals surface area contributed by atoms with Gasteiger partial charge in [-0.15, -0.1) is 0 Å². The number of hydrogen-bond acceptors (Lipinski definition) is 7. The highest BCUT2D eigenvalue weighted by atomic mass is 79.9. The Labute approximate surface area is 175 Å². The van der Waals surface area contributed by atoms with Crippen molar-refractivity contribution >= 4 is 56.3 Å². The quantitative estimate of drug-likeness (QED) is 0.343. The Hall–Kier alpha value is -3.14. The zero-order valence-electron chi connectivity index (χ0n) is 15.8. The topological polar surface area (TPSA) is 133 Å². The number of nitrogens with two attached hydrogens (primary N) is 1. The smallest absolute Gasteiger partial charge is 0.271 e. The van der Waals surface area contributed by atoms with Crippen LogP contribution in [0.5, 0.6) is 5.75 Å². The number of likely N-dealkylation sites (tertiary alicyclic amines) is 1. The van der Waals surface area contributed by atoms with E-state index >= 15 is 0 Å². The summed E-state index contributed by atoms with van der Waals surface area (Å²) in [5, 5.41) is 11.4. The van der Waals surface area contributed by atoms with Gasteiger partial charge in [-0.3, -0.25) is 4.79 Å². The lowest BCUT2D eigenvalue weighted by Crippen LogP contribution is -2.28. The number of nitrogens with one attached hydrogen (secondary N) is 3. The lowest BCUT2D eigenvalue weighted by molar-refractivity contribution is 0.0787. The van der Waals surface area contributed by atoms with Gasteiger partial charge in [0, 0.05) is 36.6 Å². The first-order valence-corrected chi connectivity index (χ1v) is 9.89. The van der Waals surface area contributed by atoms with Gasteiger partial charge in [-0.25, -0.2) is 9.97 Å². The maximum absolute atomic E-state index is 12.9. The van der Waals surface area contributed by atoms with E-state index in [9.17, 15) is 4.79 Å². The van der Waals surface area contributed by atoms with Crippen LogP contribution in [0.1, 0.15) is 28.9 Å². The summed E-state index contributed by atoms with van der Waals surface area (Å²) in [5.74, 6) is 0.951. The molecule has 1 aliphatic rings. The van der Waals surface area contributed by atoms with Gasteiger partial charge in [0.25, 0.3) is 5.91 Å². The molecule has 2 aromatic heterocycles. The molecule has 1 amide bonds. The first-order valence-electron chi connectivity index (χ1n) is 9.10. The zero-order valence-corrected chi connectivity index (χ0v) is 17.3. The van der Waals surface area contributed by atoms with Crippen molar-refractivity contribution in [3.8, 4) is 5.75 Å². The van der Waals surface area contributed by atoms with Crippen LogP contribution >= 0.6 is 15.9 Å². The van der Waals surface area contributed by atoms with Crippen molar-refractivity contribution in [2.45, 2.75) is 12.8 Å². The average molecular weight is 458 g/mol. The lowest BCUT2D eigenvalue weighted by Gasteiger charge is -2.14. The van der Waals surface area contributed by atoms with E-state index in [1.807, 2.05) is 4.90 Å². The van der Waals surface area contributed by atoms with Crippen LogP contribution in [0.2, 0.25) is 0 Å². The minimum Gasteiger partial charge on any atom is -0.494 e. The van der Waals surface area contributed by atoms with Gasteiger partial charge in [0.05, 0.1) is 22.7 Å². The number of ether oxygens (including phenoxy) is 1. The standard InChI is InChI=1S/C19H20BrN7O2/c1-29-13-7-11(22)10(8-21)6-12(13)25-17-14-15(20)16(26-18(14)24-9-23-17)19(28)27-4-2-3-5-27/h6-9,21H,2-5,22H2,1H3,(H2,23,24,25,26). The van der Waals surface area contributed by atoms with E-state index < -0.39 is 0 Å². The zero-order chi connectivity index (χ0) is 20.5. The molecule has 5 N–H and O–H groups in total. The molecule has 0 spiro atoms. The van der Waals surface area contributed by atoms with Gasteiger partial charge in [-0.1, -0.05) is 0 Å². The number of nitrogen functional groups attached to an aromatic ring is 1. The van der Waals surface area contributed by atoms with Crippen molar-refractivity contribution < 1.29 is 9.53 Å². The number of carbonyl (C=O) groups is 1. The van der Waals surface area contributed by atoms with Crippen molar-refractivity contribution in [1.82, 2.24) is 19.9 Å². The molecule has 0 saturated carbocycles. The van der Waals surface area contributed by atoms with Crippen LogP contribution in [-0.2, 0) is 0 Å². The number of hydrogen-bond donors (Lipinski definition) is 4. The van der Waals surface area contributed by atoms with Gasteiger partial charge >= 0.3 is 0 Å². The Kier molecular flexibility index (Phi) is 5.10. The molecule has 4 rings (SSSR count). The van der Waals surface area contributed by atoms with Gasteiger partial charge in [0.2, 0.25) is 0 Å². The molecule has 1 aliphatic heterocycles. The molecule has 29 heavy (non-hydrogen) atoms. The molecule has 150 valence electrons. The number of aromatic amines is 1. The number of rotatable bonds is 5. The van der Waals surface area contributed by atoms with Crippen LogP contribution in [-0.4, -0.2) is 52.2 Å². The van der Waals surface area contributed by atoms with Gasteiger partial charge < -0.3 is 31.1 Å². The molecule has 1 saturated heterocycles. The van der Waals surface area contributed by atoms with Gasteiger partial charge in [-0.05, 0) is 34.8 Å². The number of carbonyl (C=O) groups excluding carboxylic acids is 1. The molecule has 9 nitrogen and oxygen atoms in total. The minimum atomic E-state index is -0.0607. The summed E-state index contributed by atoms with van der Waals surface area (Å²) >= 11 is 3.55. The average Bonchev–Trinajstić information content (AvgIpc) is 3.37. The van der Waals surface area contributed by atoms with Crippen molar-refractivity contribution in [2.75, 3.05) is 31.2 Å². The van der Waals surface area contributed by atoms with Crippen LogP contribution in [0.15, 0.2) is 22.9 Å². The molecule has 0 radical (unpaired) electrons. The van der Waals surface area contributed by atoms with Crippen LogP contribution < -0.4 is 15.8 Å². The molecule has 3 heterocycles. The third-order valence-electron chi connectivity index (χ3n) is 4.95. The molecule has 10 heteroatoms. The molecule has 1 aromatic carbocycles. The van der Waals surface area contributed by atoms with E-state index in [1.165, 1.54) is 12.5 Å². The fourth-order valence-electron chi connectivity index (χ4n) is 3.44. The van der Waals surface area contributed by atoms with Gasteiger partial charge in [0.15, 0.2) is 0 Å². The monoisotopic (exact) mass is 457 g/mol. The fraction of sp³-hybridized carbons (Fsp3) is 0.263. The van der Waals surface area contributed by atoms with E-state index in [4.69, 9.17) is 15.9 Å². The summed E-state index contributed by atoms with van der Waals surface area (Å²) in [6.07, 6.45) is 4.62.